The van der Waals surface area contributed by atoms with Gasteiger partial charge in [0, 0.05) is 25.7 Å². The van der Waals surface area contributed by atoms with Gasteiger partial charge in [-0.25, -0.2) is 4.98 Å². The molecule has 0 radical (unpaired) electrons. The van der Waals surface area contributed by atoms with Crippen LogP contribution in [0.1, 0.15) is 17.4 Å². The zero-order valence-electron chi connectivity index (χ0n) is 14.9. The van der Waals surface area contributed by atoms with Gasteiger partial charge in [0.15, 0.2) is 5.96 Å². The first kappa shape index (κ1) is 21.7. The minimum absolute atomic E-state index is 0. The predicted octanol–water partition coefficient (Wildman–Crippen LogP) is 2.05. The first-order chi connectivity index (χ1) is 11.5. The molecule has 0 bridgehead atoms. The molecule has 0 amide bonds. The second kappa shape index (κ2) is 10.6. The lowest BCUT2D eigenvalue weighted by Crippen LogP contribution is -2.41. The van der Waals surface area contributed by atoms with Crippen LogP contribution < -0.4 is 10.6 Å². The fourth-order valence-corrected chi connectivity index (χ4v) is 2.47. The Balaban J connectivity index is 0.00000312. The zero-order chi connectivity index (χ0) is 17.5. The van der Waals surface area contributed by atoms with Crippen molar-refractivity contribution in [3.63, 3.8) is 0 Å². The molecule has 1 aromatic carbocycles. The number of likely N-dealkylation sites (N-methyl/N-ethyl adjacent to an activating group) is 1. The number of rotatable bonds is 6. The molecule has 1 heterocycles. The minimum atomic E-state index is 0. The molecule has 0 aliphatic heterocycles. The van der Waals surface area contributed by atoms with Crippen molar-refractivity contribution in [1.29, 1.82) is 0 Å². The first-order valence-electron chi connectivity index (χ1n) is 7.70. The number of nitrogens with one attached hydrogen (secondary N) is 2. The van der Waals surface area contributed by atoms with E-state index in [1.807, 2.05) is 31.3 Å². The van der Waals surface area contributed by atoms with E-state index in [9.17, 15) is 0 Å². The number of hydrogen-bond acceptors (Lipinski definition) is 4. The smallest absolute Gasteiger partial charge is 0.191 e. The summed E-state index contributed by atoms with van der Waals surface area (Å²) in [6, 6.07) is 8.12. The van der Waals surface area contributed by atoms with Crippen molar-refractivity contribution in [3.05, 3.63) is 47.0 Å². The van der Waals surface area contributed by atoms with E-state index in [0.717, 1.165) is 16.8 Å². The molecule has 2 aromatic rings. The normalized spacial score (nSPS) is 12.6. The Kier molecular flexibility index (Phi) is 9.15. The summed E-state index contributed by atoms with van der Waals surface area (Å²) >= 11 is 5.98. The highest BCUT2D eigenvalue weighted by molar-refractivity contribution is 14.0. The van der Waals surface area contributed by atoms with Gasteiger partial charge in [0.05, 0.1) is 12.6 Å². The van der Waals surface area contributed by atoms with Crippen LogP contribution >= 0.6 is 35.6 Å². The third-order valence-corrected chi connectivity index (χ3v) is 4.04. The van der Waals surface area contributed by atoms with E-state index < -0.39 is 0 Å². The topological polar surface area (TPSA) is 70.4 Å². The molecule has 9 heteroatoms. The Morgan fingerprint density at radius 3 is 2.48 bits per heavy atom. The number of hydrogen-bond donors (Lipinski definition) is 2. The highest BCUT2D eigenvalue weighted by Gasteiger charge is 2.14. The van der Waals surface area contributed by atoms with E-state index in [-0.39, 0.29) is 30.0 Å². The monoisotopic (exact) mass is 477 g/mol. The van der Waals surface area contributed by atoms with Crippen LogP contribution in [0.4, 0.5) is 0 Å². The summed E-state index contributed by atoms with van der Waals surface area (Å²) in [5, 5.41) is 11.4. The Hall–Kier alpha value is -1.39. The van der Waals surface area contributed by atoms with Gasteiger partial charge in [-0.05, 0) is 31.8 Å². The molecule has 0 spiro atoms. The molecule has 1 aromatic heterocycles. The summed E-state index contributed by atoms with van der Waals surface area (Å²) in [5.41, 5.74) is 1.20. The SMILES string of the molecule is CN=C(NCc1ncnn1C)NCC(c1ccc(Cl)cc1)N(C)C.I. The summed E-state index contributed by atoms with van der Waals surface area (Å²) in [4.78, 5) is 10.6. The molecule has 1 unspecified atom stereocenters. The summed E-state index contributed by atoms with van der Waals surface area (Å²) in [5.74, 6) is 1.57. The number of aromatic nitrogens is 3. The Bertz CT molecular complexity index is 669. The molecular formula is C16H25ClIN7. The summed E-state index contributed by atoms with van der Waals surface area (Å²) < 4.78 is 1.73. The van der Waals surface area contributed by atoms with E-state index in [1.54, 1.807) is 11.7 Å². The van der Waals surface area contributed by atoms with Crippen LogP contribution in [0.25, 0.3) is 0 Å². The lowest BCUT2D eigenvalue weighted by Gasteiger charge is -2.26. The Morgan fingerprint density at radius 2 is 1.96 bits per heavy atom. The largest absolute Gasteiger partial charge is 0.354 e. The van der Waals surface area contributed by atoms with Gasteiger partial charge in [0.2, 0.25) is 0 Å². The van der Waals surface area contributed by atoms with Crippen molar-refractivity contribution in [1.82, 2.24) is 30.3 Å². The van der Waals surface area contributed by atoms with Crippen molar-refractivity contribution < 1.29 is 0 Å². The van der Waals surface area contributed by atoms with Gasteiger partial charge in [0.1, 0.15) is 12.2 Å². The van der Waals surface area contributed by atoms with Crippen LogP contribution in [0.5, 0.6) is 0 Å². The standard InChI is InChI=1S/C16H24ClN7.HI/c1-18-16(20-10-15-21-11-22-24(15)4)19-9-14(23(2)3)12-5-7-13(17)8-6-12;/h5-8,11,14H,9-10H2,1-4H3,(H2,18,19,20);1H. The average Bonchev–Trinajstić information content (AvgIpc) is 2.97. The van der Waals surface area contributed by atoms with Crippen LogP contribution in [0.2, 0.25) is 5.02 Å². The number of nitrogens with zero attached hydrogens (tertiary/aromatic N) is 5. The summed E-state index contributed by atoms with van der Waals surface area (Å²) in [6.45, 7) is 1.27. The first-order valence-corrected chi connectivity index (χ1v) is 8.08. The highest BCUT2D eigenvalue weighted by Crippen LogP contribution is 2.19. The van der Waals surface area contributed by atoms with Crippen LogP contribution in [-0.4, -0.2) is 53.3 Å². The summed E-state index contributed by atoms with van der Waals surface area (Å²) in [6.07, 6.45) is 1.54. The van der Waals surface area contributed by atoms with Gasteiger partial charge in [0.25, 0.3) is 0 Å². The van der Waals surface area contributed by atoms with Crippen molar-refractivity contribution in [2.45, 2.75) is 12.6 Å². The molecule has 0 aliphatic rings. The Morgan fingerprint density at radius 1 is 1.28 bits per heavy atom. The quantitative estimate of drug-likeness (QED) is 0.379. The minimum Gasteiger partial charge on any atom is -0.354 e. The van der Waals surface area contributed by atoms with Crippen molar-refractivity contribution in [3.8, 4) is 0 Å². The summed E-state index contributed by atoms with van der Waals surface area (Å²) in [7, 11) is 7.72. The number of aliphatic imine (C=N–C) groups is 1. The molecular weight excluding hydrogens is 453 g/mol. The van der Waals surface area contributed by atoms with Gasteiger partial charge in [-0.1, -0.05) is 23.7 Å². The van der Waals surface area contributed by atoms with Gasteiger partial charge in [-0.2, -0.15) is 5.10 Å². The number of guanidine groups is 1. The highest BCUT2D eigenvalue weighted by atomic mass is 127. The zero-order valence-corrected chi connectivity index (χ0v) is 18.0. The van der Waals surface area contributed by atoms with Crippen molar-refractivity contribution in [2.24, 2.45) is 12.0 Å². The van der Waals surface area contributed by atoms with Crippen LogP contribution in [0.3, 0.4) is 0 Å². The molecule has 0 aliphatic carbocycles. The molecule has 2 N–H and O–H groups in total. The fourth-order valence-electron chi connectivity index (χ4n) is 2.34. The maximum atomic E-state index is 5.98. The molecule has 0 saturated heterocycles. The van der Waals surface area contributed by atoms with E-state index in [4.69, 9.17) is 11.6 Å². The third-order valence-electron chi connectivity index (χ3n) is 3.78. The maximum absolute atomic E-state index is 5.98. The Labute approximate surface area is 170 Å². The van der Waals surface area contributed by atoms with E-state index in [2.05, 4.69) is 44.7 Å². The molecule has 138 valence electrons. The predicted molar refractivity (Wildman–Crippen MR) is 112 cm³/mol. The van der Waals surface area contributed by atoms with E-state index in [0.29, 0.717) is 13.1 Å². The molecule has 25 heavy (non-hydrogen) atoms. The third kappa shape index (κ3) is 6.44. The second-order valence-corrected chi connectivity index (χ2v) is 6.07. The van der Waals surface area contributed by atoms with Gasteiger partial charge < -0.3 is 15.5 Å². The second-order valence-electron chi connectivity index (χ2n) is 5.64. The van der Waals surface area contributed by atoms with Gasteiger partial charge in [-0.15, -0.1) is 24.0 Å². The van der Waals surface area contributed by atoms with Crippen LogP contribution in [0, 0.1) is 0 Å². The average molecular weight is 478 g/mol. The number of halogens is 2. The van der Waals surface area contributed by atoms with Crippen molar-refractivity contribution in [2.75, 3.05) is 27.7 Å². The molecule has 1 atom stereocenters. The molecule has 7 nitrogen and oxygen atoms in total. The lowest BCUT2D eigenvalue weighted by molar-refractivity contribution is 0.298. The molecule has 2 rings (SSSR count). The van der Waals surface area contributed by atoms with E-state index in [1.165, 1.54) is 11.9 Å². The molecule has 0 fully saturated rings. The van der Waals surface area contributed by atoms with Crippen LogP contribution in [0.15, 0.2) is 35.6 Å². The van der Waals surface area contributed by atoms with E-state index >= 15 is 0 Å². The van der Waals surface area contributed by atoms with Crippen LogP contribution in [-0.2, 0) is 13.6 Å². The fraction of sp³-hybridized carbons (Fsp3) is 0.438. The lowest BCUT2D eigenvalue weighted by atomic mass is 10.1. The number of aryl methyl sites for hydroxylation is 1. The number of benzene rings is 1. The van der Waals surface area contributed by atoms with Gasteiger partial charge >= 0.3 is 0 Å². The maximum Gasteiger partial charge on any atom is 0.191 e. The van der Waals surface area contributed by atoms with Crippen molar-refractivity contribution >= 4 is 41.5 Å². The molecule has 0 saturated carbocycles. The van der Waals surface area contributed by atoms with Gasteiger partial charge in [-0.3, -0.25) is 9.67 Å².